The summed E-state index contributed by atoms with van der Waals surface area (Å²) in [5, 5.41) is 5.72. The molecule has 0 aromatic carbocycles. The molecule has 3 nitrogen and oxygen atoms in total. The first-order valence-electron chi connectivity index (χ1n) is 6.24. The lowest BCUT2D eigenvalue weighted by Gasteiger charge is -2.14. The van der Waals surface area contributed by atoms with Gasteiger partial charge in [0, 0.05) is 16.7 Å². The fraction of sp³-hybridized carbons (Fsp3) is 0.692. The van der Waals surface area contributed by atoms with Crippen molar-refractivity contribution in [2.75, 3.05) is 5.32 Å². The van der Waals surface area contributed by atoms with Gasteiger partial charge in [0.2, 0.25) is 5.91 Å². The number of thiazole rings is 1. The van der Waals surface area contributed by atoms with Crippen molar-refractivity contribution in [2.24, 2.45) is 5.92 Å². The van der Waals surface area contributed by atoms with Gasteiger partial charge < -0.3 is 5.32 Å². The van der Waals surface area contributed by atoms with Crippen LogP contribution in [0.15, 0.2) is 5.38 Å². The molecule has 1 aromatic rings. The van der Waals surface area contributed by atoms with Crippen molar-refractivity contribution in [3.63, 3.8) is 0 Å². The minimum absolute atomic E-state index is 0.0484. The van der Waals surface area contributed by atoms with E-state index in [9.17, 15) is 4.79 Å². The summed E-state index contributed by atoms with van der Waals surface area (Å²) < 4.78 is 0. The Bertz CT molecular complexity index is 400. The minimum atomic E-state index is 0.0484. The van der Waals surface area contributed by atoms with Crippen LogP contribution in [0, 0.1) is 5.92 Å². The highest BCUT2D eigenvalue weighted by Crippen LogP contribution is 2.29. The SMILES string of the molecule is CC(C)(C)c1csc(NC(=O)C2CCCC2)n1. The van der Waals surface area contributed by atoms with Crippen LogP contribution in [0.5, 0.6) is 0 Å². The summed E-state index contributed by atoms with van der Waals surface area (Å²) >= 11 is 1.52. The molecule has 0 saturated heterocycles. The molecule has 1 N–H and O–H groups in total. The molecule has 1 amide bonds. The first-order valence-corrected chi connectivity index (χ1v) is 7.11. The summed E-state index contributed by atoms with van der Waals surface area (Å²) in [5.74, 6) is 0.356. The Morgan fingerprint density at radius 3 is 2.59 bits per heavy atom. The molecule has 0 aliphatic heterocycles. The van der Waals surface area contributed by atoms with Crippen LogP contribution in [0.2, 0.25) is 0 Å². The van der Waals surface area contributed by atoms with Gasteiger partial charge in [-0.05, 0) is 12.8 Å². The van der Waals surface area contributed by atoms with E-state index in [2.05, 4.69) is 31.1 Å². The summed E-state index contributed by atoms with van der Waals surface area (Å²) in [4.78, 5) is 16.4. The molecule has 0 spiro atoms. The Morgan fingerprint density at radius 2 is 2.06 bits per heavy atom. The van der Waals surface area contributed by atoms with Crippen molar-refractivity contribution in [1.82, 2.24) is 4.98 Å². The van der Waals surface area contributed by atoms with Gasteiger partial charge in [-0.15, -0.1) is 11.3 Å². The predicted molar refractivity (Wildman–Crippen MR) is 71.4 cm³/mol. The standard InChI is InChI=1S/C13H20N2OS/c1-13(2,3)10-8-17-12(14-10)15-11(16)9-6-4-5-7-9/h8-9H,4-7H2,1-3H3,(H,14,15,16). The Labute approximate surface area is 107 Å². The third kappa shape index (κ3) is 3.06. The number of anilines is 1. The molecule has 4 heteroatoms. The molecule has 94 valence electrons. The van der Waals surface area contributed by atoms with Gasteiger partial charge in [0.05, 0.1) is 5.69 Å². The van der Waals surface area contributed by atoms with Gasteiger partial charge in [-0.25, -0.2) is 4.98 Å². The van der Waals surface area contributed by atoms with Crippen molar-refractivity contribution in [1.29, 1.82) is 0 Å². The molecular weight excluding hydrogens is 232 g/mol. The Balaban J connectivity index is 1.99. The van der Waals surface area contributed by atoms with Gasteiger partial charge in [0.15, 0.2) is 5.13 Å². The van der Waals surface area contributed by atoms with Gasteiger partial charge in [0.25, 0.3) is 0 Å². The van der Waals surface area contributed by atoms with Gasteiger partial charge in [-0.1, -0.05) is 33.6 Å². The zero-order valence-corrected chi connectivity index (χ0v) is 11.6. The minimum Gasteiger partial charge on any atom is -0.302 e. The molecule has 17 heavy (non-hydrogen) atoms. The second-order valence-corrected chi connectivity index (χ2v) is 6.62. The van der Waals surface area contributed by atoms with Gasteiger partial charge in [-0.2, -0.15) is 0 Å². The zero-order chi connectivity index (χ0) is 12.5. The molecule has 1 aliphatic carbocycles. The summed E-state index contributed by atoms with van der Waals surface area (Å²) in [5.41, 5.74) is 1.09. The number of carbonyl (C=O) groups is 1. The quantitative estimate of drug-likeness (QED) is 0.874. The topological polar surface area (TPSA) is 42.0 Å². The van der Waals surface area contributed by atoms with Crippen LogP contribution in [0.1, 0.15) is 52.1 Å². The third-order valence-electron chi connectivity index (χ3n) is 3.23. The molecule has 2 rings (SSSR count). The molecule has 1 saturated carbocycles. The highest BCUT2D eigenvalue weighted by atomic mass is 32.1. The maximum Gasteiger partial charge on any atom is 0.229 e. The van der Waals surface area contributed by atoms with E-state index in [4.69, 9.17) is 0 Å². The van der Waals surface area contributed by atoms with Gasteiger partial charge >= 0.3 is 0 Å². The van der Waals surface area contributed by atoms with E-state index in [-0.39, 0.29) is 17.2 Å². The number of rotatable bonds is 2. The molecule has 0 unspecified atom stereocenters. The van der Waals surface area contributed by atoms with E-state index in [0.29, 0.717) is 0 Å². The van der Waals surface area contributed by atoms with Crippen LogP contribution in [-0.4, -0.2) is 10.9 Å². The first-order chi connectivity index (χ1) is 7.97. The number of nitrogens with zero attached hydrogens (tertiary/aromatic N) is 1. The number of carbonyl (C=O) groups excluding carboxylic acids is 1. The van der Waals surface area contributed by atoms with Crippen LogP contribution in [0.25, 0.3) is 0 Å². The number of nitrogens with one attached hydrogen (secondary N) is 1. The van der Waals surface area contributed by atoms with Crippen molar-refractivity contribution in [2.45, 2.75) is 51.9 Å². The fourth-order valence-corrected chi connectivity index (χ4v) is 3.01. The van der Waals surface area contributed by atoms with Gasteiger partial charge in [-0.3, -0.25) is 4.79 Å². The molecule has 1 heterocycles. The second kappa shape index (κ2) is 4.77. The largest absolute Gasteiger partial charge is 0.302 e. The molecule has 1 aliphatic rings. The van der Waals surface area contributed by atoms with Crippen LogP contribution in [-0.2, 0) is 10.2 Å². The molecule has 0 atom stereocenters. The Morgan fingerprint density at radius 1 is 1.41 bits per heavy atom. The van der Waals surface area contributed by atoms with E-state index in [1.807, 2.05) is 5.38 Å². The van der Waals surface area contributed by atoms with Crippen LogP contribution < -0.4 is 5.32 Å². The lowest BCUT2D eigenvalue weighted by atomic mass is 9.93. The van der Waals surface area contributed by atoms with E-state index in [0.717, 1.165) is 23.7 Å². The molecular formula is C13H20N2OS. The van der Waals surface area contributed by atoms with Crippen molar-refractivity contribution in [3.05, 3.63) is 11.1 Å². The fourth-order valence-electron chi connectivity index (χ4n) is 2.07. The van der Waals surface area contributed by atoms with Crippen molar-refractivity contribution in [3.8, 4) is 0 Å². The number of hydrogen-bond donors (Lipinski definition) is 1. The maximum absolute atomic E-state index is 11.9. The molecule has 1 fully saturated rings. The zero-order valence-electron chi connectivity index (χ0n) is 10.7. The van der Waals surface area contributed by atoms with Crippen molar-refractivity contribution < 1.29 is 4.79 Å². The van der Waals surface area contributed by atoms with E-state index in [1.54, 1.807) is 0 Å². The summed E-state index contributed by atoms with van der Waals surface area (Å²) in [6, 6.07) is 0. The van der Waals surface area contributed by atoms with E-state index < -0.39 is 0 Å². The van der Waals surface area contributed by atoms with Crippen LogP contribution >= 0.6 is 11.3 Å². The van der Waals surface area contributed by atoms with Crippen molar-refractivity contribution >= 4 is 22.4 Å². The summed E-state index contributed by atoms with van der Waals surface area (Å²) in [6.07, 6.45) is 4.43. The highest BCUT2D eigenvalue weighted by Gasteiger charge is 2.24. The van der Waals surface area contributed by atoms with E-state index in [1.165, 1.54) is 24.2 Å². The van der Waals surface area contributed by atoms with Crippen LogP contribution in [0.3, 0.4) is 0 Å². The highest BCUT2D eigenvalue weighted by molar-refractivity contribution is 7.13. The average Bonchev–Trinajstić information content (AvgIpc) is 2.85. The summed E-state index contributed by atoms with van der Waals surface area (Å²) in [6.45, 7) is 6.39. The number of aromatic nitrogens is 1. The van der Waals surface area contributed by atoms with Crippen LogP contribution in [0.4, 0.5) is 5.13 Å². The Kier molecular flexibility index (Phi) is 3.52. The predicted octanol–water partition coefficient (Wildman–Crippen LogP) is 3.57. The smallest absolute Gasteiger partial charge is 0.229 e. The third-order valence-corrected chi connectivity index (χ3v) is 3.99. The maximum atomic E-state index is 11.9. The monoisotopic (exact) mass is 252 g/mol. The van der Waals surface area contributed by atoms with Gasteiger partial charge in [0.1, 0.15) is 0 Å². The number of amides is 1. The van der Waals surface area contributed by atoms with E-state index >= 15 is 0 Å². The lowest BCUT2D eigenvalue weighted by Crippen LogP contribution is -2.20. The summed E-state index contributed by atoms with van der Waals surface area (Å²) in [7, 11) is 0. The lowest BCUT2D eigenvalue weighted by molar-refractivity contribution is -0.119. The normalized spacial score (nSPS) is 17.4. The molecule has 0 bridgehead atoms. The average molecular weight is 252 g/mol. The molecule has 0 radical (unpaired) electrons. The molecule has 1 aromatic heterocycles. The second-order valence-electron chi connectivity index (χ2n) is 5.76. The Hall–Kier alpha value is -0.900. The first kappa shape index (κ1) is 12.6. The number of hydrogen-bond acceptors (Lipinski definition) is 3.